The first-order valence-corrected chi connectivity index (χ1v) is 6.62. The van der Waals surface area contributed by atoms with Crippen molar-refractivity contribution in [1.29, 1.82) is 0 Å². The Bertz CT molecular complexity index is 261. The fraction of sp³-hybridized carbons (Fsp3) is 0.923. The molecule has 16 heavy (non-hydrogen) atoms. The molecule has 1 saturated heterocycles. The molecule has 0 radical (unpaired) electrons. The number of hydrogen-bond donors (Lipinski definition) is 1. The van der Waals surface area contributed by atoms with Crippen LogP contribution in [0.15, 0.2) is 0 Å². The van der Waals surface area contributed by atoms with Gasteiger partial charge in [0.25, 0.3) is 0 Å². The van der Waals surface area contributed by atoms with E-state index >= 15 is 0 Å². The van der Waals surface area contributed by atoms with Crippen LogP contribution < -0.4 is 5.32 Å². The van der Waals surface area contributed by atoms with E-state index < -0.39 is 0 Å². The SMILES string of the molecule is CC(C)NC1CCN(CC(C)C2CC2)C1=O. The monoisotopic (exact) mass is 224 g/mol. The Kier molecular flexibility index (Phi) is 3.53. The average molecular weight is 224 g/mol. The van der Waals surface area contributed by atoms with Crippen LogP contribution in [0.25, 0.3) is 0 Å². The number of amides is 1. The molecule has 1 amide bonds. The van der Waals surface area contributed by atoms with Crippen molar-refractivity contribution in [3.05, 3.63) is 0 Å². The Morgan fingerprint density at radius 3 is 2.56 bits per heavy atom. The van der Waals surface area contributed by atoms with Gasteiger partial charge in [0.1, 0.15) is 0 Å². The van der Waals surface area contributed by atoms with Crippen molar-refractivity contribution >= 4 is 5.91 Å². The Morgan fingerprint density at radius 1 is 1.31 bits per heavy atom. The zero-order chi connectivity index (χ0) is 11.7. The molecule has 0 aromatic heterocycles. The van der Waals surface area contributed by atoms with Crippen molar-refractivity contribution in [2.24, 2.45) is 11.8 Å². The quantitative estimate of drug-likeness (QED) is 0.770. The normalized spacial score (nSPS) is 27.9. The van der Waals surface area contributed by atoms with E-state index in [2.05, 4.69) is 31.0 Å². The molecule has 92 valence electrons. The van der Waals surface area contributed by atoms with Gasteiger partial charge in [-0.05, 0) is 31.1 Å². The van der Waals surface area contributed by atoms with Gasteiger partial charge in [-0.15, -0.1) is 0 Å². The first kappa shape index (κ1) is 11.9. The molecule has 3 nitrogen and oxygen atoms in total. The second-order valence-electron chi connectivity index (χ2n) is 5.76. The maximum absolute atomic E-state index is 12.1. The predicted molar refractivity (Wildman–Crippen MR) is 65.1 cm³/mol. The van der Waals surface area contributed by atoms with Crippen LogP contribution in [0.1, 0.15) is 40.0 Å². The molecule has 1 N–H and O–H groups in total. The summed E-state index contributed by atoms with van der Waals surface area (Å²) in [5, 5.41) is 3.35. The number of hydrogen-bond acceptors (Lipinski definition) is 2. The molecule has 0 spiro atoms. The average Bonchev–Trinajstić information content (AvgIpc) is 2.99. The van der Waals surface area contributed by atoms with E-state index in [4.69, 9.17) is 0 Å². The highest BCUT2D eigenvalue weighted by Crippen LogP contribution is 2.37. The minimum absolute atomic E-state index is 0.0754. The summed E-state index contributed by atoms with van der Waals surface area (Å²) in [5.74, 6) is 1.91. The lowest BCUT2D eigenvalue weighted by Gasteiger charge is -2.21. The lowest BCUT2D eigenvalue weighted by molar-refractivity contribution is -0.130. The topological polar surface area (TPSA) is 32.3 Å². The number of carbonyl (C=O) groups excluding carboxylic acids is 1. The van der Waals surface area contributed by atoms with Crippen LogP contribution in [-0.2, 0) is 4.79 Å². The molecule has 2 fully saturated rings. The largest absolute Gasteiger partial charge is 0.341 e. The number of nitrogens with zero attached hydrogens (tertiary/aromatic N) is 1. The second-order valence-corrected chi connectivity index (χ2v) is 5.76. The molecular weight excluding hydrogens is 200 g/mol. The highest BCUT2D eigenvalue weighted by atomic mass is 16.2. The highest BCUT2D eigenvalue weighted by molar-refractivity contribution is 5.84. The van der Waals surface area contributed by atoms with Crippen LogP contribution >= 0.6 is 0 Å². The Morgan fingerprint density at radius 2 is 2.00 bits per heavy atom. The van der Waals surface area contributed by atoms with Gasteiger partial charge in [0.2, 0.25) is 5.91 Å². The van der Waals surface area contributed by atoms with Gasteiger partial charge in [-0.2, -0.15) is 0 Å². The van der Waals surface area contributed by atoms with Crippen LogP contribution in [0.4, 0.5) is 0 Å². The lowest BCUT2D eigenvalue weighted by Crippen LogP contribution is -2.42. The molecule has 2 atom stereocenters. The molecule has 0 aromatic carbocycles. The molecule has 2 unspecified atom stereocenters. The van der Waals surface area contributed by atoms with Crippen LogP contribution in [0, 0.1) is 11.8 Å². The highest BCUT2D eigenvalue weighted by Gasteiger charge is 2.35. The summed E-state index contributed by atoms with van der Waals surface area (Å²) in [6, 6.07) is 0.473. The van der Waals surface area contributed by atoms with Gasteiger partial charge in [-0.25, -0.2) is 0 Å². The van der Waals surface area contributed by atoms with E-state index in [0.717, 1.165) is 25.4 Å². The van der Waals surface area contributed by atoms with E-state index in [1.807, 2.05) is 0 Å². The van der Waals surface area contributed by atoms with Gasteiger partial charge in [0, 0.05) is 19.1 Å². The third-order valence-corrected chi connectivity index (χ3v) is 3.77. The molecule has 1 heterocycles. The minimum atomic E-state index is 0.0754. The zero-order valence-corrected chi connectivity index (χ0v) is 10.7. The maximum Gasteiger partial charge on any atom is 0.239 e. The molecule has 1 saturated carbocycles. The molecule has 2 rings (SSSR count). The standard InChI is InChI=1S/C13H24N2O/c1-9(2)14-12-6-7-15(13(12)16)8-10(3)11-4-5-11/h9-12,14H,4-8H2,1-3H3. The summed E-state index contributed by atoms with van der Waals surface area (Å²) >= 11 is 0. The van der Waals surface area contributed by atoms with E-state index in [1.165, 1.54) is 12.8 Å². The van der Waals surface area contributed by atoms with Gasteiger partial charge in [-0.1, -0.05) is 20.8 Å². The third-order valence-electron chi connectivity index (χ3n) is 3.77. The van der Waals surface area contributed by atoms with Gasteiger partial charge >= 0.3 is 0 Å². The molecule has 3 heteroatoms. The van der Waals surface area contributed by atoms with Crippen LogP contribution in [0.2, 0.25) is 0 Å². The predicted octanol–water partition coefficient (Wildman–Crippen LogP) is 1.63. The molecule has 0 aromatic rings. The van der Waals surface area contributed by atoms with Crippen molar-refractivity contribution in [2.75, 3.05) is 13.1 Å². The summed E-state index contributed by atoms with van der Waals surface area (Å²) in [7, 11) is 0. The van der Waals surface area contributed by atoms with E-state index in [0.29, 0.717) is 17.9 Å². The summed E-state index contributed by atoms with van der Waals surface area (Å²) in [4.78, 5) is 14.1. The molecule has 1 aliphatic heterocycles. The number of likely N-dealkylation sites (tertiary alicyclic amines) is 1. The molecule has 0 bridgehead atoms. The van der Waals surface area contributed by atoms with E-state index in [1.54, 1.807) is 0 Å². The van der Waals surface area contributed by atoms with Gasteiger partial charge in [-0.3, -0.25) is 4.79 Å². The van der Waals surface area contributed by atoms with Crippen LogP contribution in [0.3, 0.4) is 0 Å². The summed E-state index contributed by atoms with van der Waals surface area (Å²) < 4.78 is 0. The minimum Gasteiger partial charge on any atom is -0.341 e. The number of rotatable bonds is 5. The molecule has 2 aliphatic rings. The number of nitrogens with one attached hydrogen (secondary N) is 1. The van der Waals surface area contributed by atoms with Crippen molar-refractivity contribution in [3.8, 4) is 0 Å². The first-order valence-electron chi connectivity index (χ1n) is 6.62. The third kappa shape index (κ3) is 2.76. The summed E-state index contributed by atoms with van der Waals surface area (Å²) in [5.41, 5.74) is 0. The zero-order valence-electron chi connectivity index (χ0n) is 10.7. The van der Waals surface area contributed by atoms with Crippen molar-refractivity contribution in [1.82, 2.24) is 10.2 Å². The van der Waals surface area contributed by atoms with Gasteiger partial charge in [0.15, 0.2) is 0 Å². The smallest absolute Gasteiger partial charge is 0.239 e. The van der Waals surface area contributed by atoms with Crippen molar-refractivity contribution < 1.29 is 4.79 Å². The Balaban J connectivity index is 1.81. The molecular formula is C13H24N2O. The maximum atomic E-state index is 12.1. The Labute approximate surface area is 98.6 Å². The summed E-state index contributed by atoms with van der Waals surface area (Å²) in [6.07, 6.45) is 3.72. The first-order chi connectivity index (χ1) is 7.58. The fourth-order valence-electron chi connectivity index (χ4n) is 2.64. The Hall–Kier alpha value is -0.570. The van der Waals surface area contributed by atoms with Crippen LogP contribution in [0.5, 0.6) is 0 Å². The van der Waals surface area contributed by atoms with Crippen molar-refractivity contribution in [2.45, 2.75) is 52.1 Å². The fourth-order valence-corrected chi connectivity index (χ4v) is 2.64. The van der Waals surface area contributed by atoms with Gasteiger partial charge < -0.3 is 10.2 Å². The van der Waals surface area contributed by atoms with Crippen molar-refractivity contribution in [3.63, 3.8) is 0 Å². The second kappa shape index (κ2) is 4.74. The number of carbonyl (C=O) groups is 1. The van der Waals surface area contributed by atoms with E-state index in [9.17, 15) is 4.79 Å². The van der Waals surface area contributed by atoms with Crippen LogP contribution in [-0.4, -0.2) is 36.0 Å². The molecule has 1 aliphatic carbocycles. The lowest BCUT2D eigenvalue weighted by atomic mass is 10.1. The van der Waals surface area contributed by atoms with Gasteiger partial charge in [0.05, 0.1) is 6.04 Å². The summed E-state index contributed by atoms with van der Waals surface area (Å²) in [6.45, 7) is 8.40. The van der Waals surface area contributed by atoms with E-state index in [-0.39, 0.29) is 6.04 Å².